The fourth-order valence-electron chi connectivity index (χ4n) is 2.41. The molecule has 0 N–H and O–H groups in total. The second kappa shape index (κ2) is 4.42. The summed E-state index contributed by atoms with van der Waals surface area (Å²) >= 11 is 0. The molecule has 0 unspecified atom stereocenters. The zero-order chi connectivity index (χ0) is 13.4. The Morgan fingerprint density at radius 3 is 2.60 bits per heavy atom. The standard InChI is InChI=1S/C16H12N2O2/c1-2-4-15-14(3-1)17-16(13-6-8-20-11-13)18(15)9-12-5-7-19-10-12/h1-8,10-11H,9H2. The van der Waals surface area contributed by atoms with Crippen molar-refractivity contribution in [1.82, 2.24) is 9.55 Å². The first kappa shape index (κ1) is 11.1. The van der Waals surface area contributed by atoms with E-state index in [1.807, 2.05) is 30.3 Å². The van der Waals surface area contributed by atoms with Crippen molar-refractivity contribution in [3.05, 3.63) is 67.0 Å². The Morgan fingerprint density at radius 2 is 1.80 bits per heavy atom. The normalized spacial score (nSPS) is 11.2. The SMILES string of the molecule is c1ccc2c(c1)nc(-c1ccoc1)n2Cc1ccoc1. The number of hydrogen-bond acceptors (Lipinski definition) is 3. The minimum atomic E-state index is 0.720. The first-order chi connectivity index (χ1) is 9.92. The Morgan fingerprint density at radius 1 is 0.950 bits per heavy atom. The lowest BCUT2D eigenvalue weighted by atomic mass is 10.2. The summed E-state index contributed by atoms with van der Waals surface area (Å²) in [4.78, 5) is 4.71. The Balaban J connectivity index is 1.93. The van der Waals surface area contributed by atoms with Crippen LogP contribution in [0.2, 0.25) is 0 Å². The van der Waals surface area contributed by atoms with Gasteiger partial charge in [-0.05, 0) is 24.3 Å². The molecule has 0 amide bonds. The summed E-state index contributed by atoms with van der Waals surface area (Å²) in [7, 11) is 0. The van der Waals surface area contributed by atoms with E-state index in [1.54, 1.807) is 25.1 Å². The molecule has 0 spiro atoms. The molecular formula is C16H12N2O2. The summed E-state index contributed by atoms with van der Waals surface area (Å²) in [6.45, 7) is 0.720. The zero-order valence-electron chi connectivity index (χ0n) is 10.7. The molecule has 0 aliphatic heterocycles. The Bertz CT molecular complexity index is 827. The molecule has 1 aromatic carbocycles. The quantitative estimate of drug-likeness (QED) is 0.563. The topological polar surface area (TPSA) is 44.1 Å². The molecule has 0 radical (unpaired) electrons. The predicted molar refractivity (Wildman–Crippen MR) is 75.2 cm³/mol. The van der Waals surface area contributed by atoms with E-state index in [9.17, 15) is 0 Å². The largest absolute Gasteiger partial charge is 0.472 e. The average Bonchev–Trinajstić information content (AvgIpc) is 3.19. The average molecular weight is 264 g/mol. The number of hydrogen-bond donors (Lipinski definition) is 0. The van der Waals surface area contributed by atoms with Crippen LogP contribution in [0.4, 0.5) is 0 Å². The third-order valence-corrected chi connectivity index (χ3v) is 3.35. The van der Waals surface area contributed by atoms with E-state index in [2.05, 4.69) is 10.6 Å². The van der Waals surface area contributed by atoms with Gasteiger partial charge in [0.15, 0.2) is 0 Å². The second-order valence-corrected chi connectivity index (χ2v) is 4.65. The highest BCUT2D eigenvalue weighted by Gasteiger charge is 2.13. The Labute approximate surface area is 115 Å². The van der Waals surface area contributed by atoms with Gasteiger partial charge in [-0.15, -0.1) is 0 Å². The number of fused-ring (bicyclic) bond motifs is 1. The maximum atomic E-state index is 5.18. The van der Waals surface area contributed by atoms with E-state index in [0.29, 0.717) is 0 Å². The predicted octanol–water partition coefficient (Wildman–Crippen LogP) is 3.94. The molecule has 0 atom stereocenters. The van der Waals surface area contributed by atoms with Crippen LogP contribution >= 0.6 is 0 Å². The number of para-hydroxylation sites is 2. The van der Waals surface area contributed by atoms with Gasteiger partial charge < -0.3 is 13.4 Å². The van der Waals surface area contributed by atoms with Crippen LogP contribution in [0, 0.1) is 0 Å². The van der Waals surface area contributed by atoms with Gasteiger partial charge in [-0.3, -0.25) is 0 Å². The number of aromatic nitrogens is 2. The van der Waals surface area contributed by atoms with Crippen molar-refractivity contribution in [2.45, 2.75) is 6.54 Å². The molecule has 0 aliphatic carbocycles. The summed E-state index contributed by atoms with van der Waals surface area (Å²) in [6.07, 6.45) is 6.82. The van der Waals surface area contributed by atoms with Gasteiger partial charge in [-0.2, -0.15) is 0 Å². The number of benzene rings is 1. The van der Waals surface area contributed by atoms with E-state index in [-0.39, 0.29) is 0 Å². The lowest BCUT2D eigenvalue weighted by Gasteiger charge is -2.06. The smallest absolute Gasteiger partial charge is 0.144 e. The minimum Gasteiger partial charge on any atom is -0.472 e. The molecule has 3 aromatic heterocycles. The minimum absolute atomic E-state index is 0.720. The maximum absolute atomic E-state index is 5.18. The molecule has 0 saturated heterocycles. The van der Waals surface area contributed by atoms with E-state index >= 15 is 0 Å². The van der Waals surface area contributed by atoms with E-state index in [4.69, 9.17) is 13.8 Å². The molecule has 3 heterocycles. The van der Waals surface area contributed by atoms with E-state index in [1.165, 1.54) is 0 Å². The van der Waals surface area contributed by atoms with Crippen LogP contribution in [0.15, 0.2) is 70.3 Å². The molecule has 0 bridgehead atoms. The molecular weight excluding hydrogens is 252 g/mol. The first-order valence-corrected chi connectivity index (χ1v) is 6.41. The van der Waals surface area contributed by atoms with Gasteiger partial charge in [0, 0.05) is 5.56 Å². The molecule has 20 heavy (non-hydrogen) atoms. The molecule has 4 nitrogen and oxygen atoms in total. The van der Waals surface area contributed by atoms with Crippen molar-refractivity contribution in [2.75, 3.05) is 0 Å². The van der Waals surface area contributed by atoms with Gasteiger partial charge in [-0.1, -0.05) is 12.1 Å². The fourth-order valence-corrected chi connectivity index (χ4v) is 2.41. The summed E-state index contributed by atoms with van der Waals surface area (Å²) in [5.74, 6) is 0.904. The summed E-state index contributed by atoms with van der Waals surface area (Å²) in [5, 5.41) is 0. The molecule has 4 heteroatoms. The van der Waals surface area contributed by atoms with Crippen LogP contribution in [-0.2, 0) is 6.54 Å². The summed E-state index contributed by atoms with van der Waals surface area (Å²) in [6, 6.07) is 12.0. The second-order valence-electron chi connectivity index (χ2n) is 4.65. The van der Waals surface area contributed by atoms with Crippen molar-refractivity contribution in [3.63, 3.8) is 0 Å². The Hall–Kier alpha value is -2.75. The van der Waals surface area contributed by atoms with Crippen LogP contribution in [-0.4, -0.2) is 9.55 Å². The van der Waals surface area contributed by atoms with Crippen molar-refractivity contribution in [1.29, 1.82) is 0 Å². The third-order valence-electron chi connectivity index (χ3n) is 3.35. The number of nitrogens with zero attached hydrogens (tertiary/aromatic N) is 2. The van der Waals surface area contributed by atoms with Gasteiger partial charge >= 0.3 is 0 Å². The number of imidazole rings is 1. The highest BCUT2D eigenvalue weighted by Crippen LogP contribution is 2.26. The highest BCUT2D eigenvalue weighted by atomic mass is 16.3. The molecule has 4 aromatic rings. The lowest BCUT2D eigenvalue weighted by Crippen LogP contribution is -2.00. The van der Waals surface area contributed by atoms with Gasteiger partial charge in [-0.25, -0.2) is 4.98 Å². The van der Waals surface area contributed by atoms with Crippen LogP contribution in [0.5, 0.6) is 0 Å². The van der Waals surface area contributed by atoms with Crippen molar-refractivity contribution < 1.29 is 8.83 Å². The maximum Gasteiger partial charge on any atom is 0.144 e. The number of furan rings is 2. The van der Waals surface area contributed by atoms with Crippen molar-refractivity contribution in [3.8, 4) is 11.4 Å². The van der Waals surface area contributed by atoms with E-state index < -0.39 is 0 Å². The van der Waals surface area contributed by atoms with Crippen molar-refractivity contribution >= 4 is 11.0 Å². The Kier molecular flexibility index (Phi) is 2.45. The summed E-state index contributed by atoms with van der Waals surface area (Å²) < 4.78 is 12.5. The number of rotatable bonds is 3. The highest BCUT2D eigenvalue weighted by molar-refractivity contribution is 5.80. The van der Waals surface area contributed by atoms with E-state index in [0.717, 1.165) is 34.5 Å². The lowest BCUT2D eigenvalue weighted by molar-refractivity contribution is 0.562. The zero-order valence-corrected chi connectivity index (χ0v) is 10.7. The van der Waals surface area contributed by atoms with Gasteiger partial charge in [0.05, 0.1) is 41.9 Å². The molecule has 0 fully saturated rings. The molecule has 98 valence electrons. The first-order valence-electron chi connectivity index (χ1n) is 6.41. The van der Waals surface area contributed by atoms with Crippen molar-refractivity contribution in [2.24, 2.45) is 0 Å². The van der Waals surface area contributed by atoms with Crippen LogP contribution < -0.4 is 0 Å². The van der Waals surface area contributed by atoms with Crippen LogP contribution in [0.25, 0.3) is 22.4 Å². The van der Waals surface area contributed by atoms with Gasteiger partial charge in [0.25, 0.3) is 0 Å². The molecule has 0 aliphatic rings. The third kappa shape index (κ3) is 1.73. The summed E-state index contributed by atoms with van der Waals surface area (Å²) in [5.41, 5.74) is 4.17. The van der Waals surface area contributed by atoms with Crippen LogP contribution in [0.3, 0.4) is 0 Å². The van der Waals surface area contributed by atoms with Gasteiger partial charge in [0.1, 0.15) is 12.1 Å². The van der Waals surface area contributed by atoms with Crippen LogP contribution in [0.1, 0.15) is 5.56 Å². The fraction of sp³-hybridized carbons (Fsp3) is 0.0625. The van der Waals surface area contributed by atoms with Gasteiger partial charge in [0.2, 0.25) is 0 Å². The molecule has 4 rings (SSSR count). The molecule has 0 saturated carbocycles. The monoisotopic (exact) mass is 264 g/mol.